The van der Waals surface area contributed by atoms with Crippen LogP contribution in [0.5, 0.6) is 5.75 Å². The smallest absolute Gasteiger partial charge is 0.263 e. The fourth-order valence-electron chi connectivity index (χ4n) is 2.82. The minimum absolute atomic E-state index is 0.0571. The van der Waals surface area contributed by atoms with Crippen LogP contribution in [0.1, 0.15) is 24.5 Å². The molecule has 0 atom stereocenters. The SMILES string of the molecule is CC(=O)C=Cc1c(-c2cc(Cl)ccc2O)c2cc(C(F)F)ccc2[nH]c1=O. The first-order valence-electron chi connectivity index (χ1n) is 7.93. The Labute approximate surface area is 157 Å². The lowest BCUT2D eigenvalue weighted by atomic mass is 9.94. The molecule has 27 heavy (non-hydrogen) atoms. The molecule has 4 nitrogen and oxygen atoms in total. The van der Waals surface area contributed by atoms with Gasteiger partial charge in [0.25, 0.3) is 12.0 Å². The molecule has 3 rings (SSSR count). The summed E-state index contributed by atoms with van der Waals surface area (Å²) in [4.78, 5) is 26.5. The van der Waals surface area contributed by atoms with Crippen molar-refractivity contribution in [3.8, 4) is 16.9 Å². The van der Waals surface area contributed by atoms with Gasteiger partial charge in [0, 0.05) is 38.2 Å². The molecule has 0 saturated carbocycles. The van der Waals surface area contributed by atoms with Crippen molar-refractivity contribution >= 4 is 34.4 Å². The van der Waals surface area contributed by atoms with Gasteiger partial charge in [-0.1, -0.05) is 17.7 Å². The van der Waals surface area contributed by atoms with Gasteiger partial charge in [-0.15, -0.1) is 0 Å². The number of fused-ring (bicyclic) bond motifs is 1. The maximum absolute atomic E-state index is 13.2. The Hall–Kier alpha value is -2.99. The van der Waals surface area contributed by atoms with Gasteiger partial charge < -0.3 is 10.1 Å². The van der Waals surface area contributed by atoms with E-state index < -0.39 is 12.0 Å². The number of phenols is 1. The lowest BCUT2D eigenvalue weighted by molar-refractivity contribution is -0.112. The van der Waals surface area contributed by atoms with Crippen molar-refractivity contribution in [2.75, 3.05) is 0 Å². The summed E-state index contributed by atoms with van der Waals surface area (Å²) in [6.07, 6.45) is -0.220. The predicted molar refractivity (Wildman–Crippen MR) is 101 cm³/mol. The topological polar surface area (TPSA) is 70.2 Å². The number of nitrogens with one attached hydrogen (secondary N) is 1. The highest BCUT2D eigenvalue weighted by molar-refractivity contribution is 6.31. The van der Waals surface area contributed by atoms with E-state index in [0.717, 1.165) is 0 Å². The normalized spacial score (nSPS) is 11.6. The molecule has 0 aliphatic heterocycles. The van der Waals surface area contributed by atoms with Crippen molar-refractivity contribution in [1.82, 2.24) is 4.98 Å². The number of hydrogen-bond donors (Lipinski definition) is 2. The Morgan fingerprint density at radius 1 is 1.22 bits per heavy atom. The third-order valence-electron chi connectivity index (χ3n) is 4.04. The number of allylic oxidation sites excluding steroid dienone is 1. The number of alkyl halides is 2. The van der Waals surface area contributed by atoms with Crippen LogP contribution in [0.15, 0.2) is 47.3 Å². The van der Waals surface area contributed by atoms with E-state index in [1.54, 1.807) is 0 Å². The van der Waals surface area contributed by atoms with Gasteiger partial charge in [0.1, 0.15) is 5.75 Å². The van der Waals surface area contributed by atoms with E-state index in [-0.39, 0.29) is 33.8 Å². The molecule has 7 heteroatoms. The van der Waals surface area contributed by atoms with Crippen LogP contribution in [0.2, 0.25) is 5.02 Å². The maximum Gasteiger partial charge on any atom is 0.263 e. The predicted octanol–water partition coefficient (Wildman–Crippen LogP) is 5.09. The highest BCUT2D eigenvalue weighted by atomic mass is 35.5. The van der Waals surface area contributed by atoms with E-state index in [1.807, 2.05) is 0 Å². The largest absolute Gasteiger partial charge is 0.507 e. The van der Waals surface area contributed by atoms with Crippen molar-refractivity contribution in [3.63, 3.8) is 0 Å². The molecule has 2 aromatic carbocycles. The van der Waals surface area contributed by atoms with Crippen molar-refractivity contribution in [1.29, 1.82) is 0 Å². The van der Waals surface area contributed by atoms with E-state index in [9.17, 15) is 23.5 Å². The third kappa shape index (κ3) is 3.75. The van der Waals surface area contributed by atoms with Gasteiger partial charge >= 0.3 is 0 Å². The second-order valence-electron chi connectivity index (χ2n) is 5.95. The lowest BCUT2D eigenvalue weighted by Gasteiger charge is -2.13. The third-order valence-corrected chi connectivity index (χ3v) is 4.27. The van der Waals surface area contributed by atoms with Crippen LogP contribution >= 0.6 is 11.6 Å². The minimum Gasteiger partial charge on any atom is -0.507 e. The van der Waals surface area contributed by atoms with Crippen molar-refractivity contribution in [2.24, 2.45) is 0 Å². The van der Waals surface area contributed by atoms with Gasteiger partial charge in [0.15, 0.2) is 5.78 Å². The monoisotopic (exact) mass is 389 g/mol. The Bertz CT molecular complexity index is 1140. The number of rotatable bonds is 4. The summed E-state index contributed by atoms with van der Waals surface area (Å²) in [5, 5.41) is 10.9. The highest BCUT2D eigenvalue weighted by Gasteiger charge is 2.18. The maximum atomic E-state index is 13.2. The molecule has 0 bridgehead atoms. The number of ketones is 1. The molecular formula is C20H14ClF2NO3. The van der Waals surface area contributed by atoms with E-state index in [1.165, 1.54) is 55.5 Å². The van der Waals surface area contributed by atoms with E-state index in [4.69, 9.17) is 11.6 Å². The van der Waals surface area contributed by atoms with Crippen LogP contribution in [0.25, 0.3) is 28.1 Å². The lowest BCUT2D eigenvalue weighted by Crippen LogP contribution is -2.12. The number of aromatic hydroxyl groups is 1. The first kappa shape index (κ1) is 18.8. The summed E-state index contributed by atoms with van der Waals surface area (Å²) in [5.74, 6) is -0.469. The summed E-state index contributed by atoms with van der Waals surface area (Å²) < 4.78 is 26.4. The average Bonchev–Trinajstić information content (AvgIpc) is 2.61. The fourth-order valence-corrected chi connectivity index (χ4v) is 2.99. The second kappa shape index (κ2) is 7.32. The zero-order valence-corrected chi connectivity index (χ0v) is 14.8. The molecule has 0 saturated heterocycles. The Kier molecular flexibility index (Phi) is 5.10. The summed E-state index contributed by atoms with van der Waals surface area (Å²) in [6.45, 7) is 1.32. The zero-order chi connectivity index (χ0) is 19.7. The number of benzene rings is 2. The van der Waals surface area contributed by atoms with Crippen LogP contribution in [-0.2, 0) is 4.79 Å². The molecule has 0 radical (unpaired) electrons. The van der Waals surface area contributed by atoms with Gasteiger partial charge in [0.2, 0.25) is 0 Å². The minimum atomic E-state index is -2.71. The first-order valence-corrected chi connectivity index (χ1v) is 8.31. The van der Waals surface area contributed by atoms with Crippen LogP contribution in [0, 0.1) is 0 Å². The molecule has 0 fully saturated rings. The van der Waals surface area contributed by atoms with Gasteiger partial charge in [-0.25, -0.2) is 8.78 Å². The summed E-state index contributed by atoms with van der Waals surface area (Å²) in [7, 11) is 0. The van der Waals surface area contributed by atoms with Gasteiger partial charge in [-0.3, -0.25) is 9.59 Å². The molecular weight excluding hydrogens is 376 g/mol. The first-order chi connectivity index (χ1) is 12.8. The molecule has 1 aromatic heterocycles. The average molecular weight is 390 g/mol. The molecule has 0 unspecified atom stereocenters. The van der Waals surface area contributed by atoms with Gasteiger partial charge in [-0.2, -0.15) is 0 Å². The molecule has 0 aliphatic rings. The molecule has 0 amide bonds. The zero-order valence-electron chi connectivity index (χ0n) is 14.1. The number of aromatic amines is 1. The molecule has 0 spiro atoms. The quantitative estimate of drug-likeness (QED) is 0.610. The number of H-pyrrole nitrogens is 1. The standard InChI is InChI=1S/C20H14ClF2NO3/c1-10(25)2-5-13-18(15-9-12(21)4-7-17(15)26)14-8-11(19(22)23)3-6-16(14)24-20(13)27/h2-9,19,26H,1H3,(H,24,27). The number of hydrogen-bond acceptors (Lipinski definition) is 3. The van der Waals surface area contributed by atoms with Crippen LogP contribution in [0.4, 0.5) is 8.78 Å². The van der Waals surface area contributed by atoms with E-state index >= 15 is 0 Å². The van der Waals surface area contributed by atoms with Crippen LogP contribution < -0.4 is 5.56 Å². The molecule has 0 aliphatic carbocycles. The number of pyridine rings is 1. The second-order valence-corrected chi connectivity index (χ2v) is 6.39. The molecule has 1 heterocycles. The van der Waals surface area contributed by atoms with Crippen LogP contribution in [0.3, 0.4) is 0 Å². The molecule has 2 N–H and O–H groups in total. The number of phenolic OH excluding ortho intramolecular Hbond substituents is 1. The van der Waals surface area contributed by atoms with Crippen LogP contribution in [-0.4, -0.2) is 15.9 Å². The number of halogens is 3. The number of carbonyl (C=O) groups excluding carboxylic acids is 1. The van der Waals surface area contributed by atoms with E-state index in [0.29, 0.717) is 15.9 Å². The van der Waals surface area contributed by atoms with E-state index in [2.05, 4.69) is 4.98 Å². The summed E-state index contributed by atoms with van der Waals surface area (Å²) in [6, 6.07) is 8.09. The summed E-state index contributed by atoms with van der Waals surface area (Å²) >= 11 is 6.03. The number of aromatic nitrogens is 1. The van der Waals surface area contributed by atoms with Crippen molar-refractivity contribution in [2.45, 2.75) is 13.3 Å². The fraction of sp³-hybridized carbons (Fsp3) is 0.100. The van der Waals surface area contributed by atoms with Gasteiger partial charge in [0.05, 0.1) is 0 Å². The number of carbonyl (C=O) groups is 1. The molecule has 138 valence electrons. The van der Waals surface area contributed by atoms with Crippen molar-refractivity contribution in [3.05, 3.63) is 69.0 Å². The van der Waals surface area contributed by atoms with Crippen molar-refractivity contribution < 1.29 is 18.7 Å². The Morgan fingerprint density at radius 2 is 1.96 bits per heavy atom. The van der Waals surface area contributed by atoms with Gasteiger partial charge in [-0.05, 0) is 49.4 Å². The summed E-state index contributed by atoms with van der Waals surface area (Å²) in [5.41, 5.74) is 0.0281. The Balaban J connectivity index is 2.49. The highest BCUT2D eigenvalue weighted by Crippen LogP contribution is 2.38. The molecule has 3 aromatic rings. The Morgan fingerprint density at radius 3 is 2.63 bits per heavy atom.